The van der Waals surface area contributed by atoms with Gasteiger partial charge in [0.15, 0.2) is 0 Å². The van der Waals surface area contributed by atoms with Crippen LogP contribution in [0.5, 0.6) is 0 Å². The molecule has 1 saturated carbocycles. The molecule has 0 unspecified atom stereocenters. The van der Waals surface area contributed by atoms with E-state index in [-0.39, 0.29) is 36.2 Å². The van der Waals surface area contributed by atoms with Crippen LogP contribution in [0.3, 0.4) is 0 Å². The Balaban J connectivity index is 0.00000192. The summed E-state index contributed by atoms with van der Waals surface area (Å²) in [6, 6.07) is 7.56. The Kier molecular flexibility index (Phi) is 6.02. The summed E-state index contributed by atoms with van der Waals surface area (Å²) in [6.45, 7) is 1.87. The monoisotopic (exact) mass is 337 g/mol. The summed E-state index contributed by atoms with van der Waals surface area (Å²) in [6.07, 6.45) is 3.83. The number of nitrogens with one attached hydrogen (secondary N) is 2. The number of amides is 2. The molecule has 2 aliphatic rings. The molecule has 2 fully saturated rings. The van der Waals surface area contributed by atoms with Crippen LogP contribution in [0.1, 0.15) is 36.0 Å². The molecule has 1 aliphatic heterocycles. The van der Waals surface area contributed by atoms with Crippen molar-refractivity contribution in [3.8, 4) is 0 Å². The van der Waals surface area contributed by atoms with Gasteiger partial charge in [-0.1, -0.05) is 12.1 Å². The Bertz CT molecular complexity index is 569. The molecule has 2 N–H and O–H groups in total. The van der Waals surface area contributed by atoms with E-state index in [1.165, 1.54) is 0 Å². The average Bonchev–Trinajstić information content (AvgIpc) is 3.39. The Morgan fingerprint density at radius 2 is 1.78 bits per heavy atom. The summed E-state index contributed by atoms with van der Waals surface area (Å²) in [7, 11) is 1.76. The number of hydrogen-bond acceptors (Lipinski definition) is 3. The van der Waals surface area contributed by atoms with Crippen LogP contribution in [-0.4, -0.2) is 38.0 Å². The molecule has 0 aromatic heterocycles. The first-order valence-corrected chi connectivity index (χ1v) is 8.05. The molecule has 23 heavy (non-hydrogen) atoms. The number of anilines is 1. The van der Waals surface area contributed by atoms with Crippen LogP contribution in [0, 0.1) is 5.92 Å². The van der Waals surface area contributed by atoms with E-state index in [2.05, 4.69) is 10.6 Å². The number of carbonyl (C=O) groups is 2. The lowest BCUT2D eigenvalue weighted by Gasteiger charge is -2.25. The van der Waals surface area contributed by atoms with Crippen LogP contribution < -0.4 is 15.5 Å². The molecule has 2 amide bonds. The first-order chi connectivity index (χ1) is 10.7. The van der Waals surface area contributed by atoms with Gasteiger partial charge in [-0.15, -0.1) is 12.4 Å². The van der Waals surface area contributed by atoms with Gasteiger partial charge in [-0.25, -0.2) is 0 Å². The number of piperidine rings is 1. The van der Waals surface area contributed by atoms with E-state index in [9.17, 15) is 9.59 Å². The zero-order valence-electron chi connectivity index (χ0n) is 13.4. The largest absolute Gasteiger partial charge is 0.349 e. The van der Waals surface area contributed by atoms with Gasteiger partial charge < -0.3 is 15.5 Å². The third-order valence-corrected chi connectivity index (χ3v) is 4.44. The summed E-state index contributed by atoms with van der Waals surface area (Å²) in [4.78, 5) is 26.5. The zero-order valence-corrected chi connectivity index (χ0v) is 14.2. The van der Waals surface area contributed by atoms with Gasteiger partial charge in [0, 0.05) is 19.0 Å². The van der Waals surface area contributed by atoms with Crippen LogP contribution in [0.25, 0.3) is 0 Å². The lowest BCUT2D eigenvalue weighted by Crippen LogP contribution is -2.43. The Morgan fingerprint density at radius 1 is 1.13 bits per heavy atom. The third-order valence-electron chi connectivity index (χ3n) is 4.44. The summed E-state index contributed by atoms with van der Waals surface area (Å²) in [5.41, 5.74) is 1.28. The molecule has 0 spiro atoms. The molecular formula is C17H24ClN3O2. The highest BCUT2D eigenvalue weighted by atomic mass is 35.5. The molecule has 0 atom stereocenters. The molecule has 1 heterocycles. The second-order valence-corrected chi connectivity index (χ2v) is 6.19. The second kappa shape index (κ2) is 7.79. The Hall–Kier alpha value is -1.59. The summed E-state index contributed by atoms with van der Waals surface area (Å²) in [5, 5.41) is 6.38. The Morgan fingerprint density at radius 3 is 2.43 bits per heavy atom. The number of halogens is 1. The number of rotatable bonds is 4. The van der Waals surface area contributed by atoms with Gasteiger partial charge in [0.1, 0.15) is 0 Å². The van der Waals surface area contributed by atoms with Gasteiger partial charge >= 0.3 is 0 Å². The number of carbonyl (C=O) groups excluding carboxylic acids is 2. The van der Waals surface area contributed by atoms with E-state index in [0.29, 0.717) is 11.3 Å². The molecule has 1 aromatic rings. The first-order valence-electron chi connectivity index (χ1n) is 8.05. The van der Waals surface area contributed by atoms with Crippen molar-refractivity contribution < 1.29 is 9.59 Å². The second-order valence-electron chi connectivity index (χ2n) is 6.19. The average molecular weight is 338 g/mol. The van der Waals surface area contributed by atoms with E-state index < -0.39 is 0 Å². The standard InChI is InChI=1S/C17H23N3O2.ClH/c1-20(17(22)12-6-7-12)15-5-3-2-4-14(15)16(21)19-13-8-10-18-11-9-13;/h2-5,12-13,18H,6-11H2,1H3,(H,19,21);1H. The quantitative estimate of drug-likeness (QED) is 0.883. The molecule has 1 aliphatic carbocycles. The molecule has 0 bridgehead atoms. The fourth-order valence-electron chi connectivity index (χ4n) is 2.91. The summed E-state index contributed by atoms with van der Waals surface area (Å²) >= 11 is 0. The predicted molar refractivity (Wildman–Crippen MR) is 93.2 cm³/mol. The smallest absolute Gasteiger partial charge is 0.253 e. The first kappa shape index (κ1) is 17.8. The van der Waals surface area contributed by atoms with Crippen molar-refractivity contribution in [2.75, 3.05) is 25.0 Å². The van der Waals surface area contributed by atoms with Gasteiger partial charge in [-0.2, -0.15) is 0 Å². The Labute approximate surface area is 143 Å². The predicted octanol–water partition coefficient (Wildman–Crippen LogP) is 1.96. The SMILES string of the molecule is CN(C(=O)C1CC1)c1ccccc1C(=O)NC1CCNCC1.Cl. The minimum absolute atomic E-state index is 0. The van der Waals surface area contributed by atoms with Crippen LogP contribution in [0.15, 0.2) is 24.3 Å². The fourth-order valence-corrected chi connectivity index (χ4v) is 2.91. The minimum Gasteiger partial charge on any atom is -0.349 e. The van der Waals surface area contributed by atoms with Crippen molar-refractivity contribution in [2.45, 2.75) is 31.7 Å². The highest BCUT2D eigenvalue weighted by Gasteiger charge is 2.33. The van der Waals surface area contributed by atoms with E-state index in [1.807, 2.05) is 18.2 Å². The van der Waals surface area contributed by atoms with Crippen LogP contribution >= 0.6 is 12.4 Å². The van der Waals surface area contributed by atoms with Gasteiger partial charge in [-0.05, 0) is 50.9 Å². The van der Waals surface area contributed by atoms with Crippen molar-refractivity contribution in [2.24, 2.45) is 5.92 Å². The topological polar surface area (TPSA) is 61.4 Å². The van der Waals surface area contributed by atoms with E-state index in [0.717, 1.165) is 38.8 Å². The van der Waals surface area contributed by atoms with Gasteiger partial charge in [0.25, 0.3) is 5.91 Å². The molecule has 1 aromatic carbocycles. The maximum Gasteiger partial charge on any atom is 0.253 e. The van der Waals surface area contributed by atoms with Crippen molar-refractivity contribution in [3.63, 3.8) is 0 Å². The highest BCUT2D eigenvalue weighted by molar-refractivity contribution is 6.05. The third kappa shape index (κ3) is 4.24. The lowest BCUT2D eigenvalue weighted by atomic mass is 10.1. The summed E-state index contributed by atoms with van der Waals surface area (Å²) < 4.78 is 0. The van der Waals surface area contributed by atoms with Crippen molar-refractivity contribution in [1.29, 1.82) is 0 Å². The highest BCUT2D eigenvalue weighted by Crippen LogP contribution is 2.33. The number of nitrogens with zero attached hydrogens (tertiary/aromatic N) is 1. The van der Waals surface area contributed by atoms with E-state index >= 15 is 0 Å². The minimum atomic E-state index is -0.0852. The van der Waals surface area contributed by atoms with Crippen LogP contribution in [0.4, 0.5) is 5.69 Å². The van der Waals surface area contributed by atoms with Crippen LogP contribution in [-0.2, 0) is 4.79 Å². The maximum atomic E-state index is 12.6. The molecule has 5 nitrogen and oxygen atoms in total. The number of hydrogen-bond donors (Lipinski definition) is 2. The molecule has 6 heteroatoms. The van der Waals surface area contributed by atoms with Crippen molar-refractivity contribution >= 4 is 29.9 Å². The van der Waals surface area contributed by atoms with Crippen LogP contribution in [0.2, 0.25) is 0 Å². The number of para-hydroxylation sites is 1. The maximum absolute atomic E-state index is 12.6. The molecule has 126 valence electrons. The van der Waals surface area contributed by atoms with Crippen molar-refractivity contribution in [3.05, 3.63) is 29.8 Å². The molecular weight excluding hydrogens is 314 g/mol. The van der Waals surface area contributed by atoms with Gasteiger partial charge in [0.2, 0.25) is 5.91 Å². The van der Waals surface area contributed by atoms with Gasteiger partial charge in [-0.3, -0.25) is 9.59 Å². The van der Waals surface area contributed by atoms with E-state index in [4.69, 9.17) is 0 Å². The number of benzene rings is 1. The normalized spacial score (nSPS) is 18.0. The molecule has 0 radical (unpaired) electrons. The zero-order chi connectivity index (χ0) is 15.5. The molecule has 1 saturated heterocycles. The molecule has 3 rings (SSSR count). The fraction of sp³-hybridized carbons (Fsp3) is 0.529. The van der Waals surface area contributed by atoms with E-state index in [1.54, 1.807) is 18.0 Å². The lowest BCUT2D eigenvalue weighted by molar-refractivity contribution is -0.119. The van der Waals surface area contributed by atoms with Crippen molar-refractivity contribution in [1.82, 2.24) is 10.6 Å². The summed E-state index contributed by atoms with van der Waals surface area (Å²) in [5.74, 6) is 0.172. The van der Waals surface area contributed by atoms with Gasteiger partial charge in [0.05, 0.1) is 11.3 Å².